The number of carbonyl (C=O) groups is 4. The zero-order chi connectivity index (χ0) is 28.7. The van der Waals surface area contributed by atoms with E-state index >= 15 is 0 Å². The first kappa shape index (κ1) is 29.8. The highest BCUT2D eigenvalue weighted by atomic mass is 19.2. The van der Waals surface area contributed by atoms with Gasteiger partial charge >= 0.3 is 12.2 Å². The highest BCUT2D eigenvalue weighted by Crippen LogP contribution is 2.29. The molecule has 0 saturated carbocycles. The first-order valence-corrected chi connectivity index (χ1v) is 10.8. The smallest absolute Gasteiger partial charge is 0.465 e. The standard InChI is InChI=1S/C23H22F5N3O7/c1-9(2)18(31-22(34)35)21(33)29-10(3)20(32)30-12-6-4-11(5-7-12)8-37-23(36)38-19-16(27)14(25)13(24)15(26)17(19)28/h4-7,9-10,18,31H,8H2,1-3H3,(H,29,33)(H,30,32)(H,34,35)/t10-,18-/m0/s1. The van der Waals surface area contributed by atoms with Crippen molar-refractivity contribution in [1.29, 1.82) is 0 Å². The number of ether oxygens (including phenoxy) is 2. The minimum Gasteiger partial charge on any atom is -0.465 e. The van der Waals surface area contributed by atoms with E-state index in [4.69, 9.17) is 5.11 Å². The van der Waals surface area contributed by atoms with Crippen molar-refractivity contribution in [3.8, 4) is 5.75 Å². The van der Waals surface area contributed by atoms with Crippen LogP contribution in [0.1, 0.15) is 26.3 Å². The third-order valence-corrected chi connectivity index (χ3v) is 4.91. The van der Waals surface area contributed by atoms with Gasteiger partial charge < -0.3 is 30.5 Å². The Morgan fingerprint density at radius 1 is 0.816 bits per heavy atom. The Morgan fingerprint density at radius 2 is 1.34 bits per heavy atom. The molecule has 0 radical (unpaired) electrons. The number of anilines is 1. The van der Waals surface area contributed by atoms with Crippen molar-refractivity contribution < 1.29 is 55.7 Å². The number of halogens is 5. The molecular formula is C23H22F5N3O7. The molecule has 0 spiro atoms. The lowest BCUT2D eigenvalue weighted by Crippen LogP contribution is -2.53. The summed E-state index contributed by atoms with van der Waals surface area (Å²) in [7, 11) is 0. The summed E-state index contributed by atoms with van der Waals surface area (Å²) in [6.45, 7) is 4.09. The molecule has 0 bridgehead atoms. The molecule has 0 unspecified atom stereocenters. The van der Waals surface area contributed by atoms with E-state index in [1.807, 2.05) is 0 Å². The number of carboxylic acid groups (broad SMARTS) is 1. The molecule has 0 heterocycles. The number of amides is 3. The number of carbonyl (C=O) groups excluding carboxylic acids is 3. The fourth-order valence-corrected chi connectivity index (χ4v) is 2.90. The molecule has 0 fully saturated rings. The quantitative estimate of drug-likeness (QED) is 0.123. The zero-order valence-electron chi connectivity index (χ0n) is 20.0. The number of hydrogen-bond donors (Lipinski definition) is 4. The van der Waals surface area contributed by atoms with Gasteiger partial charge in [0.1, 0.15) is 18.7 Å². The third-order valence-electron chi connectivity index (χ3n) is 4.91. The summed E-state index contributed by atoms with van der Waals surface area (Å²) in [6.07, 6.45) is -3.14. The lowest BCUT2D eigenvalue weighted by molar-refractivity contribution is -0.128. The molecule has 2 aromatic carbocycles. The minimum absolute atomic E-state index is 0.257. The van der Waals surface area contributed by atoms with Gasteiger partial charge in [-0.3, -0.25) is 9.59 Å². The van der Waals surface area contributed by atoms with Crippen LogP contribution >= 0.6 is 0 Å². The van der Waals surface area contributed by atoms with Gasteiger partial charge in [0.2, 0.25) is 46.6 Å². The maximum Gasteiger partial charge on any atom is 0.514 e. The van der Waals surface area contributed by atoms with Crippen LogP contribution in [-0.4, -0.2) is 41.3 Å². The lowest BCUT2D eigenvalue weighted by atomic mass is 10.0. The predicted octanol–water partition coefficient (Wildman–Crippen LogP) is 3.83. The van der Waals surface area contributed by atoms with Gasteiger partial charge in [0.05, 0.1) is 0 Å². The zero-order valence-corrected chi connectivity index (χ0v) is 20.0. The first-order valence-electron chi connectivity index (χ1n) is 10.8. The fourth-order valence-electron chi connectivity index (χ4n) is 2.90. The largest absolute Gasteiger partial charge is 0.514 e. The topological polar surface area (TPSA) is 143 Å². The Kier molecular flexibility index (Phi) is 9.95. The van der Waals surface area contributed by atoms with Crippen LogP contribution in [0, 0.1) is 35.0 Å². The second kappa shape index (κ2) is 12.7. The van der Waals surface area contributed by atoms with E-state index < -0.39 is 77.6 Å². The van der Waals surface area contributed by atoms with Gasteiger partial charge in [-0.15, -0.1) is 0 Å². The fraction of sp³-hybridized carbons (Fsp3) is 0.304. The molecule has 4 N–H and O–H groups in total. The Morgan fingerprint density at radius 3 is 1.84 bits per heavy atom. The van der Waals surface area contributed by atoms with Crippen LogP contribution in [0.2, 0.25) is 0 Å². The maximum absolute atomic E-state index is 13.6. The molecule has 0 aliphatic carbocycles. The van der Waals surface area contributed by atoms with Crippen LogP contribution in [0.3, 0.4) is 0 Å². The van der Waals surface area contributed by atoms with Crippen LogP contribution in [0.4, 0.5) is 37.2 Å². The van der Waals surface area contributed by atoms with Crippen LogP contribution in [-0.2, 0) is 20.9 Å². The van der Waals surface area contributed by atoms with Gasteiger partial charge in [-0.05, 0) is 30.5 Å². The average Bonchev–Trinajstić information content (AvgIpc) is 2.86. The Labute approximate surface area is 212 Å². The molecule has 0 saturated heterocycles. The molecule has 15 heteroatoms. The van der Waals surface area contributed by atoms with Gasteiger partial charge in [-0.1, -0.05) is 26.0 Å². The Bertz CT molecular complexity index is 1200. The Hall–Kier alpha value is -4.43. The molecule has 0 aliphatic rings. The average molecular weight is 547 g/mol. The van der Waals surface area contributed by atoms with E-state index in [0.29, 0.717) is 5.56 Å². The van der Waals surface area contributed by atoms with Crippen molar-refractivity contribution in [2.75, 3.05) is 5.32 Å². The van der Waals surface area contributed by atoms with Crippen LogP contribution in [0.5, 0.6) is 5.75 Å². The molecule has 2 aromatic rings. The van der Waals surface area contributed by atoms with Crippen molar-refractivity contribution in [3.05, 3.63) is 58.9 Å². The van der Waals surface area contributed by atoms with E-state index in [2.05, 4.69) is 25.4 Å². The predicted molar refractivity (Wildman–Crippen MR) is 120 cm³/mol. The van der Waals surface area contributed by atoms with Crippen molar-refractivity contribution >= 4 is 29.8 Å². The van der Waals surface area contributed by atoms with E-state index in [1.165, 1.54) is 31.2 Å². The van der Waals surface area contributed by atoms with Crippen molar-refractivity contribution in [2.45, 2.75) is 39.5 Å². The summed E-state index contributed by atoms with van der Waals surface area (Å²) < 4.78 is 75.3. The summed E-state index contributed by atoms with van der Waals surface area (Å²) in [5, 5.41) is 15.8. The number of rotatable bonds is 9. The summed E-state index contributed by atoms with van der Waals surface area (Å²) in [5.74, 6) is -15.2. The number of hydrogen-bond acceptors (Lipinski definition) is 6. The van der Waals surface area contributed by atoms with Crippen LogP contribution < -0.4 is 20.7 Å². The maximum atomic E-state index is 13.6. The van der Waals surface area contributed by atoms with Crippen LogP contribution in [0.25, 0.3) is 0 Å². The lowest BCUT2D eigenvalue weighted by Gasteiger charge is -2.22. The van der Waals surface area contributed by atoms with Gasteiger partial charge in [-0.2, -0.15) is 8.78 Å². The van der Waals surface area contributed by atoms with E-state index in [0.717, 1.165) is 0 Å². The van der Waals surface area contributed by atoms with Gasteiger partial charge in [-0.25, -0.2) is 22.8 Å². The van der Waals surface area contributed by atoms with Crippen molar-refractivity contribution in [1.82, 2.24) is 10.6 Å². The van der Waals surface area contributed by atoms with Gasteiger partial charge in [0, 0.05) is 5.69 Å². The van der Waals surface area contributed by atoms with Crippen molar-refractivity contribution in [2.24, 2.45) is 5.92 Å². The number of nitrogens with one attached hydrogen (secondary N) is 3. The molecule has 38 heavy (non-hydrogen) atoms. The number of benzene rings is 2. The molecule has 2 rings (SSSR count). The second-order valence-corrected chi connectivity index (χ2v) is 8.13. The Balaban J connectivity index is 1.92. The molecular weight excluding hydrogens is 525 g/mol. The van der Waals surface area contributed by atoms with Gasteiger partial charge in [0.25, 0.3) is 0 Å². The molecule has 206 valence electrons. The molecule has 0 aliphatic heterocycles. The SMILES string of the molecule is CC(C)[C@H](NC(=O)O)C(=O)N[C@@H](C)C(=O)Nc1ccc(COC(=O)Oc2c(F)c(F)c(F)c(F)c2F)cc1. The minimum atomic E-state index is -2.42. The molecule has 0 aromatic heterocycles. The second-order valence-electron chi connectivity index (χ2n) is 8.13. The summed E-state index contributed by atoms with van der Waals surface area (Å²) in [4.78, 5) is 47.2. The highest BCUT2D eigenvalue weighted by molar-refractivity contribution is 5.98. The highest BCUT2D eigenvalue weighted by Gasteiger charge is 2.29. The monoisotopic (exact) mass is 547 g/mol. The van der Waals surface area contributed by atoms with E-state index in [9.17, 15) is 41.1 Å². The van der Waals surface area contributed by atoms with E-state index in [-0.39, 0.29) is 11.6 Å². The molecule has 3 amide bonds. The summed E-state index contributed by atoms with van der Waals surface area (Å²) in [6, 6.07) is 3.38. The molecule has 2 atom stereocenters. The van der Waals surface area contributed by atoms with E-state index in [1.54, 1.807) is 13.8 Å². The normalized spacial score (nSPS) is 12.3. The summed E-state index contributed by atoms with van der Waals surface area (Å²) in [5.41, 5.74) is 0.547. The van der Waals surface area contributed by atoms with Gasteiger partial charge in [0.15, 0.2) is 0 Å². The summed E-state index contributed by atoms with van der Waals surface area (Å²) >= 11 is 0. The molecule has 10 nitrogen and oxygen atoms in total. The first-order chi connectivity index (χ1) is 17.7. The third kappa shape index (κ3) is 7.54. The van der Waals surface area contributed by atoms with Crippen LogP contribution in [0.15, 0.2) is 24.3 Å². The van der Waals surface area contributed by atoms with Crippen molar-refractivity contribution in [3.63, 3.8) is 0 Å².